The Morgan fingerprint density at radius 3 is 1.83 bits per heavy atom. The molecule has 18 nitrogen and oxygen atoms in total. The van der Waals surface area contributed by atoms with Gasteiger partial charge in [-0.1, -0.05) is 19.6 Å². The number of allylic oxidation sites excluding steroid dienone is 2. The Bertz CT molecular complexity index is 2550. The monoisotopic (exact) mass is 794 g/mol. The fourth-order valence-corrected chi connectivity index (χ4v) is 6.36. The fourth-order valence-electron chi connectivity index (χ4n) is 6.36. The number of primary amides is 2. The van der Waals surface area contributed by atoms with E-state index < -0.39 is 29.2 Å². The molecule has 0 saturated carbocycles. The first-order valence-electron chi connectivity index (χ1n) is 18.4. The average molecular weight is 795 g/mol. The number of anilines is 2. The Morgan fingerprint density at radius 2 is 1.29 bits per heavy atom. The topological polar surface area (TPSA) is 245 Å². The highest BCUT2D eigenvalue weighted by molar-refractivity contribution is 6.05. The zero-order valence-electron chi connectivity index (χ0n) is 32.7. The summed E-state index contributed by atoms with van der Waals surface area (Å²) in [5.74, 6) is -1.50. The smallest absolute Gasteiger partial charge is 0.276 e. The molecular weight excluding hydrogens is 745 g/mol. The Labute approximate surface area is 334 Å². The molecule has 0 radical (unpaired) electrons. The van der Waals surface area contributed by atoms with E-state index in [1.54, 1.807) is 76.5 Å². The third kappa shape index (κ3) is 9.07. The molecule has 0 aliphatic rings. The van der Waals surface area contributed by atoms with Crippen molar-refractivity contribution < 1.29 is 29.0 Å². The first-order chi connectivity index (χ1) is 27.1. The number of aryl methyl sites for hydroxylation is 4. The number of imidazole rings is 2. The van der Waals surface area contributed by atoms with Gasteiger partial charge < -0.3 is 30.4 Å². The van der Waals surface area contributed by atoms with Crippen LogP contribution in [0.2, 0.25) is 0 Å². The van der Waals surface area contributed by atoms with Crippen molar-refractivity contribution in [2.75, 3.05) is 17.2 Å². The molecule has 6 aromatic rings. The molecule has 0 bridgehead atoms. The lowest BCUT2D eigenvalue weighted by atomic mass is 10.1. The standard InChI is InChI=1S/C39H46N12O6.CH4/c1-7-50-29(17-22(3)46-50)35(54)44-37-42-26-19-24(33(40)52)11-12-28(26)48(37)14-9-10-15-49-32-27(20-25(34(41)53)21-31(32)57-16-13-39(5,6)56)43-38(49)45-36(55)30-18-23(4)47-51(30)8-2;/h9-12,17-21,56H,7-8,13-16H2,1-6H3,(H2,40,52)(H2,41,53)(H,42,44,54)(H,43,45,55);1H4/b10-9+;. The zero-order valence-corrected chi connectivity index (χ0v) is 32.7. The van der Waals surface area contributed by atoms with Crippen LogP contribution in [0.5, 0.6) is 5.75 Å². The summed E-state index contributed by atoms with van der Waals surface area (Å²) in [6.45, 7) is 12.1. The fraction of sp³-hybridized carbons (Fsp3) is 0.350. The van der Waals surface area contributed by atoms with Gasteiger partial charge in [0.05, 0.1) is 40.1 Å². The lowest BCUT2D eigenvalue weighted by Crippen LogP contribution is -2.22. The third-order valence-electron chi connectivity index (χ3n) is 9.16. The summed E-state index contributed by atoms with van der Waals surface area (Å²) in [7, 11) is 0. The van der Waals surface area contributed by atoms with E-state index in [9.17, 15) is 24.3 Å². The molecule has 2 aromatic carbocycles. The molecule has 18 heteroatoms. The molecule has 0 unspecified atom stereocenters. The second kappa shape index (κ2) is 17.1. The van der Waals surface area contributed by atoms with Gasteiger partial charge in [0.1, 0.15) is 22.7 Å². The Morgan fingerprint density at radius 1 is 0.776 bits per heavy atom. The van der Waals surface area contributed by atoms with Crippen molar-refractivity contribution in [2.45, 2.75) is 87.2 Å². The van der Waals surface area contributed by atoms with Crippen LogP contribution in [-0.4, -0.2) is 79.6 Å². The second-order valence-corrected chi connectivity index (χ2v) is 14.1. The summed E-state index contributed by atoms with van der Waals surface area (Å²) in [5.41, 5.74) is 14.6. The van der Waals surface area contributed by atoms with E-state index in [1.165, 1.54) is 12.1 Å². The zero-order chi connectivity index (χ0) is 41.2. The SMILES string of the molecule is C.CCn1nc(C)cc1C(=O)Nc1nc2cc(C(N)=O)ccc2n1C/C=C/Cn1c(NC(=O)c2cc(C)nn2CC)nc2cc(C(N)=O)cc(OCCC(C)(C)O)c21. The van der Waals surface area contributed by atoms with Crippen molar-refractivity contribution in [3.63, 3.8) is 0 Å². The predicted molar refractivity (Wildman–Crippen MR) is 220 cm³/mol. The molecule has 0 atom stereocenters. The molecule has 0 saturated heterocycles. The second-order valence-electron chi connectivity index (χ2n) is 14.1. The highest BCUT2D eigenvalue weighted by Gasteiger charge is 2.23. The number of benzene rings is 2. The van der Waals surface area contributed by atoms with Crippen LogP contribution in [0.25, 0.3) is 22.1 Å². The first kappa shape index (κ1) is 42.3. The first-order valence-corrected chi connectivity index (χ1v) is 18.4. The molecule has 306 valence electrons. The normalized spacial score (nSPS) is 11.6. The summed E-state index contributed by atoms with van der Waals surface area (Å²) in [6, 6.07) is 11.3. The number of hydrogen-bond donors (Lipinski definition) is 5. The van der Waals surface area contributed by atoms with Crippen LogP contribution in [-0.2, 0) is 26.2 Å². The molecule has 4 heterocycles. The van der Waals surface area contributed by atoms with Gasteiger partial charge in [0.15, 0.2) is 0 Å². The quantitative estimate of drug-likeness (QED) is 0.0855. The maximum absolute atomic E-state index is 13.7. The van der Waals surface area contributed by atoms with Crippen molar-refractivity contribution in [3.8, 4) is 5.75 Å². The number of nitrogens with two attached hydrogens (primary N) is 2. The molecule has 0 spiro atoms. The van der Waals surface area contributed by atoms with Gasteiger partial charge in [-0.15, -0.1) is 0 Å². The van der Waals surface area contributed by atoms with Gasteiger partial charge in [0.2, 0.25) is 23.7 Å². The van der Waals surface area contributed by atoms with Crippen LogP contribution < -0.4 is 26.8 Å². The minimum Gasteiger partial charge on any atom is -0.491 e. The number of aliphatic hydroxyl groups is 1. The number of nitrogens with zero attached hydrogens (tertiary/aromatic N) is 8. The maximum atomic E-state index is 13.7. The number of rotatable bonds is 16. The minimum atomic E-state index is -1.02. The summed E-state index contributed by atoms with van der Waals surface area (Å²) in [6.07, 6.45) is 3.97. The van der Waals surface area contributed by atoms with Crippen molar-refractivity contribution in [1.29, 1.82) is 0 Å². The Kier molecular flexibility index (Phi) is 12.5. The van der Waals surface area contributed by atoms with Crippen LogP contribution in [0.4, 0.5) is 11.9 Å². The molecule has 0 aliphatic heterocycles. The van der Waals surface area contributed by atoms with Gasteiger partial charge in [0, 0.05) is 43.7 Å². The lowest BCUT2D eigenvalue weighted by molar-refractivity contribution is 0.0554. The molecule has 0 fully saturated rings. The molecular formula is C40H50N12O6. The summed E-state index contributed by atoms with van der Waals surface area (Å²) < 4.78 is 12.8. The van der Waals surface area contributed by atoms with Crippen molar-refractivity contribution in [3.05, 3.63) is 88.5 Å². The van der Waals surface area contributed by atoms with Crippen LogP contribution in [0.15, 0.2) is 54.6 Å². The van der Waals surface area contributed by atoms with E-state index >= 15 is 0 Å². The summed E-state index contributed by atoms with van der Waals surface area (Å²) in [5, 5.41) is 24.9. The number of nitrogens with one attached hydrogen (secondary N) is 2. The Balaban J connectivity index is 0.00000641. The van der Waals surface area contributed by atoms with E-state index in [2.05, 4.69) is 25.8 Å². The molecule has 4 amide bonds. The predicted octanol–water partition coefficient (Wildman–Crippen LogP) is 4.57. The number of hydrogen-bond acceptors (Lipinski definition) is 10. The molecule has 58 heavy (non-hydrogen) atoms. The van der Waals surface area contributed by atoms with Crippen LogP contribution in [0.3, 0.4) is 0 Å². The lowest BCUT2D eigenvalue weighted by Gasteiger charge is -2.18. The van der Waals surface area contributed by atoms with E-state index in [0.29, 0.717) is 57.9 Å². The number of ether oxygens (including phenoxy) is 1. The van der Waals surface area contributed by atoms with Gasteiger partial charge in [0.25, 0.3) is 11.8 Å². The van der Waals surface area contributed by atoms with E-state index in [1.807, 2.05) is 26.0 Å². The van der Waals surface area contributed by atoms with Gasteiger partial charge in [-0.3, -0.25) is 39.2 Å². The molecule has 4 aromatic heterocycles. The summed E-state index contributed by atoms with van der Waals surface area (Å²) >= 11 is 0. The van der Waals surface area contributed by atoms with Gasteiger partial charge in [-0.05, 0) is 84.0 Å². The molecule has 0 aliphatic carbocycles. The highest BCUT2D eigenvalue weighted by atomic mass is 16.5. The van der Waals surface area contributed by atoms with Crippen molar-refractivity contribution in [2.24, 2.45) is 11.5 Å². The number of carbonyl (C=O) groups excluding carboxylic acids is 4. The average Bonchev–Trinajstić information content (AvgIpc) is 3.91. The number of fused-ring (bicyclic) bond motifs is 2. The van der Waals surface area contributed by atoms with Crippen LogP contribution >= 0.6 is 0 Å². The molecule has 6 rings (SSSR count). The van der Waals surface area contributed by atoms with Crippen molar-refractivity contribution in [1.82, 2.24) is 38.7 Å². The Hall–Kier alpha value is -6.82. The highest BCUT2D eigenvalue weighted by Crippen LogP contribution is 2.32. The number of carbonyl (C=O) groups is 4. The largest absolute Gasteiger partial charge is 0.491 e. The van der Waals surface area contributed by atoms with Crippen LogP contribution in [0.1, 0.15) is 94.6 Å². The number of aromatic nitrogens is 8. The van der Waals surface area contributed by atoms with Gasteiger partial charge in [-0.25, -0.2) is 9.97 Å². The van der Waals surface area contributed by atoms with Gasteiger partial charge >= 0.3 is 0 Å². The minimum absolute atomic E-state index is 0. The number of amides is 4. The molecule has 7 N–H and O–H groups in total. The van der Waals surface area contributed by atoms with E-state index in [0.717, 1.165) is 0 Å². The van der Waals surface area contributed by atoms with Crippen LogP contribution in [0, 0.1) is 13.8 Å². The maximum Gasteiger partial charge on any atom is 0.276 e. The van der Waals surface area contributed by atoms with E-state index in [4.69, 9.17) is 21.2 Å². The van der Waals surface area contributed by atoms with E-state index in [-0.39, 0.29) is 62.3 Å². The third-order valence-corrected chi connectivity index (χ3v) is 9.16. The van der Waals surface area contributed by atoms with Crippen molar-refractivity contribution >= 4 is 57.6 Å². The summed E-state index contributed by atoms with van der Waals surface area (Å²) in [4.78, 5) is 60.9. The van der Waals surface area contributed by atoms with Gasteiger partial charge in [-0.2, -0.15) is 10.2 Å².